The van der Waals surface area contributed by atoms with Gasteiger partial charge in [-0.05, 0) is 12.1 Å². The number of para-hydroxylation sites is 1. The Morgan fingerprint density at radius 1 is 1.00 bits per heavy atom. The summed E-state index contributed by atoms with van der Waals surface area (Å²) in [4.78, 5) is 0. The van der Waals surface area contributed by atoms with E-state index in [2.05, 4.69) is 0 Å². The number of rotatable bonds is 0. The lowest BCUT2D eigenvalue weighted by Crippen LogP contribution is -1.90. The van der Waals surface area contributed by atoms with Gasteiger partial charge in [0.15, 0.2) is 0 Å². The number of benzene rings is 2. The molecule has 0 fully saturated rings. The van der Waals surface area contributed by atoms with Gasteiger partial charge in [0.25, 0.3) is 0 Å². The second-order valence-electron chi connectivity index (χ2n) is 4.09. The van der Waals surface area contributed by atoms with Crippen LogP contribution in [0.5, 0.6) is 11.5 Å². The zero-order valence-electron chi connectivity index (χ0n) is 10.4. The zero-order valence-corrected chi connectivity index (χ0v) is 11.2. The van der Waals surface area contributed by atoms with Crippen molar-refractivity contribution in [2.24, 2.45) is 0 Å². The average Bonchev–Trinajstić information content (AvgIpc) is 2.34. The maximum Gasteiger partial charge on any atom is 0.368 e. The highest BCUT2D eigenvalue weighted by molar-refractivity contribution is 7.79. The number of phenolic OH excluding ortho intramolecular Hbond substituents is 2. The lowest BCUT2D eigenvalue weighted by Gasteiger charge is -1.96. The third kappa shape index (κ3) is 4.02. The van der Waals surface area contributed by atoms with Crippen molar-refractivity contribution >= 4 is 32.3 Å². The minimum absolute atomic E-state index is 0.0102. The van der Waals surface area contributed by atoms with Crippen LogP contribution in [0.2, 0.25) is 0 Å². The second-order valence-corrected chi connectivity index (χ2v) is 4.94. The third-order valence-corrected chi connectivity index (χ3v) is 2.54. The van der Waals surface area contributed by atoms with Gasteiger partial charge in [-0.2, -0.15) is 0 Å². The van der Waals surface area contributed by atoms with Crippen LogP contribution < -0.4 is 0 Å². The minimum atomic E-state index is -4.92. The Balaban J connectivity index is 0.000000282. The standard InChI is InChI=1S/C13H8O3.H2O4S/c14-9-6-11(15)10-5-8-3-1-2-4-12(8)16-13(10)7-9;1-5(2,3)4/h1-7H,(H-,14,15);(H2,1,2,3,4). The number of phenols is 2. The fraction of sp³-hybridized carbons (Fsp3) is 0. The topological polar surface area (TPSA) is 129 Å². The summed E-state index contributed by atoms with van der Waals surface area (Å²) in [6.45, 7) is 0. The minimum Gasteiger partial charge on any atom is -0.726 e. The van der Waals surface area contributed by atoms with E-state index in [0.717, 1.165) is 11.0 Å². The summed E-state index contributed by atoms with van der Waals surface area (Å²) in [7, 11) is -4.92. The molecule has 0 saturated heterocycles. The highest BCUT2D eigenvalue weighted by Crippen LogP contribution is 2.32. The van der Waals surface area contributed by atoms with Crippen molar-refractivity contribution in [2.45, 2.75) is 0 Å². The molecule has 1 aromatic heterocycles. The molecule has 3 aromatic rings. The van der Waals surface area contributed by atoms with Crippen molar-refractivity contribution in [3.63, 3.8) is 0 Å². The van der Waals surface area contributed by atoms with Crippen LogP contribution in [0.15, 0.2) is 46.9 Å². The molecular weight excluding hydrogens is 300 g/mol. The molecule has 0 spiro atoms. The van der Waals surface area contributed by atoms with Gasteiger partial charge in [0.05, 0.1) is 11.5 Å². The molecule has 0 bridgehead atoms. The van der Waals surface area contributed by atoms with Crippen LogP contribution in [0.1, 0.15) is 0 Å². The van der Waals surface area contributed by atoms with Crippen molar-refractivity contribution in [3.05, 3.63) is 42.5 Å². The van der Waals surface area contributed by atoms with Crippen molar-refractivity contribution in [3.8, 4) is 11.5 Å². The molecule has 21 heavy (non-hydrogen) atoms. The molecule has 8 heteroatoms. The molecule has 0 saturated carbocycles. The monoisotopic (exact) mass is 310 g/mol. The summed E-state index contributed by atoms with van der Waals surface area (Å²) in [6, 6.07) is 12.2. The molecule has 7 nitrogen and oxygen atoms in total. The SMILES string of the molecule is O=S(=O)([O-])O.Oc1cc(O)c2cc3ccccc3[o+]c2c1. The summed E-state index contributed by atoms with van der Waals surface area (Å²) in [6.07, 6.45) is 0. The van der Waals surface area contributed by atoms with Gasteiger partial charge < -0.3 is 14.8 Å². The van der Waals surface area contributed by atoms with E-state index >= 15 is 0 Å². The van der Waals surface area contributed by atoms with E-state index in [-0.39, 0.29) is 11.5 Å². The first-order valence-electron chi connectivity index (χ1n) is 5.60. The van der Waals surface area contributed by atoms with Gasteiger partial charge >= 0.3 is 11.2 Å². The summed E-state index contributed by atoms with van der Waals surface area (Å²) < 4.78 is 38.4. The molecule has 0 aliphatic carbocycles. The van der Waals surface area contributed by atoms with E-state index in [1.165, 1.54) is 12.1 Å². The third-order valence-electron chi connectivity index (χ3n) is 2.54. The quantitative estimate of drug-likeness (QED) is 0.251. The van der Waals surface area contributed by atoms with Crippen LogP contribution in [-0.4, -0.2) is 27.7 Å². The Labute approximate surface area is 119 Å². The molecule has 0 amide bonds. The van der Waals surface area contributed by atoms with E-state index in [1.807, 2.05) is 30.3 Å². The molecule has 0 radical (unpaired) electrons. The molecule has 0 atom stereocenters. The highest BCUT2D eigenvalue weighted by Gasteiger charge is 2.15. The van der Waals surface area contributed by atoms with Gasteiger partial charge in [-0.15, -0.1) is 0 Å². The maximum absolute atomic E-state index is 9.69. The van der Waals surface area contributed by atoms with Gasteiger partial charge in [-0.1, -0.05) is 12.1 Å². The number of fused-ring (bicyclic) bond motifs is 2. The number of aromatic hydroxyl groups is 2. The smallest absolute Gasteiger partial charge is 0.368 e. The lowest BCUT2D eigenvalue weighted by atomic mass is 10.1. The summed E-state index contributed by atoms with van der Waals surface area (Å²) >= 11 is 0. The van der Waals surface area contributed by atoms with Crippen LogP contribution >= 0.6 is 0 Å². The average molecular weight is 310 g/mol. The van der Waals surface area contributed by atoms with Crippen molar-refractivity contribution in [2.75, 3.05) is 0 Å². The fourth-order valence-corrected chi connectivity index (χ4v) is 1.79. The van der Waals surface area contributed by atoms with Gasteiger partial charge in [-0.25, -0.2) is 12.8 Å². The predicted molar refractivity (Wildman–Crippen MR) is 73.8 cm³/mol. The molecule has 2 aromatic carbocycles. The Morgan fingerprint density at radius 3 is 2.29 bits per heavy atom. The fourth-order valence-electron chi connectivity index (χ4n) is 1.79. The molecule has 3 N–H and O–H groups in total. The molecule has 3 rings (SSSR count). The molecule has 0 aliphatic rings. The van der Waals surface area contributed by atoms with Crippen molar-refractivity contribution in [1.29, 1.82) is 0 Å². The Morgan fingerprint density at radius 2 is 1.62 bits per heavy atom. The Hall–Kier alpha value is -2.42. The van der Waals surface area contributed by atoms with Crippen LogP contribution in [-0.2, 0) is 10.4 Å². The van der Waals surface area contributed by atoms with Gasteiger partial charge in [-0.3, -0.25) is 4.55 Å². The molecule has 1 heterocycles. The van der Waals surface area contributed by atoms with Gasteiger partial charge in [0.1, 0.15) is 16.9 Å². The van der Waals surface area contributed by atoms with Gasteiger partial charge in [0, 0.05) is 12.1 Å². The van der Waals surface area contributed by atoms with E-state index < -0.39 is 10.4 Å². The van der Waals surface area contributed by atoms with E-state index in [9.17, 15) is 10.2 Å². The predicted octanol–water partition coefficient (Wildman–Crippen LogP) is 2.28. The lowest BCUT2D eigenvalue weighted by molar-refractivity contribution is 0.366. The van der Waals surface area contributed by atoms with Crippen LogP contribution in [0.3, 0.4) is 0 Å². The normalized spacial score (nSPS) is 11.1. The molecule has 0 aliphatic heterocycles. The highest BCUT2D eigenvalue weighted by atomic mass is 32.3. The van der Waals surface area contributed by atoms with Crippen LogP contribution in [0.25, 0.3) is 21.9 Å². The molecule has 110 valence electrons. The molecule has 0 unspecified atom stereocenters. The largest absolute Gasteiger partial charge is 0.726 e. The summed E-state index contributed by atoms with van der Waals surface area (Å²) in [5.41, 5.74) is 1.19. The zero-order chi connectivity index (χ0) is 15.6. The van der Waals surface area contributed by atoms with E-state index in [1.54, 1.807) is 0 Å². The first-order chi connectivity index (χ1) is 9.74. The van der Waals surface area contributed by atoms with E-state index in [4.69, 9.17) is 21.9 Å². The summed E-state index contributed by atoms with van der Waals surface area (Å²) in [5.74, 6) is 0.00790. The first kappa shape index (κ1) is 15.0. The van der Waals surface area contributed by atoms with Crippen molar-refractivity contribution in [1.82, 2.24) is 0 Å². The Kier molecular flexibility index (Phi) is 3.94. The Bertz CT molecular complexity index is 895. The number of hydrogen-bond acceptors (Lipinski definition) is 5. The van der Waals surface area contributed by atoms with Crippen LogP contribution in [0, 0.1) is 0 Å². The summed E-state index contributed by atoms with van der Waals surface area (Å²) in [5, 5.41) is 20.6. The van der Waals surface area contributed by atoms with Crippen LogP contribution in [0.4, 0.5) is 0 Å². The first-order valence-corrected chi connectivity index (χ1v) is 6.96. The van der Waals surface area contributed by atoms with Gasteiger partial charge in [0.2, 0.25) is 10.4 Å². The van der Waals surface area contributed by atoms with Crippen molar-refractivity contribution < 1.29 is 32.2 Å². The molecular formula is C13H10O7S. The number of hydrogen-bond donors (Lipinski definition) is 3. The maximum atomic E-state index is 9.69. The second kappa shape index (κ2) is 5.52. The van der Waals surface area contributed by atoms with E-state index in [0.29, 0.717) is 11.0 Å².